The second-order valence-corrected chi connectivity index (χ2v) is 5.05. The van der Waals surface area contributed by atoms with E-state index >= 15 is 0 Å². The van der Waals surface area contributed by atoms with E-state index < -0.39 is 11.4 Å². The molecule has 18 heavy (non-hydrogen) atoms. The predicted molar refractivity (Wildman–Crippen MR) is 71.5 cm³/mol. The fraction of sp³-hybridized carbons (Fsp3) is 0.143. The van der Waals surface area contributed by atoms with E-state index in [1.807, 2.05) is 0 Å². The van der Waals surface area contributed by atoms with Gasteiger partial charge in [0.25, 0.3) is 0 Å². The van der Waals surface area contributed by atoms with Crippen LogP contribution in [0, 0.1) is 5.82 Å². The Morgan fingerprint density at radius 2 is 1.67 bits per heavy atom. The maximum atomic E-state index is 13.3. The van der Waals surface area contributed by atoms with Gasteiger partial charge in [0.1, 0.15) is 11.4 Å². The maximum absolute atomic E-state index is 13.3. The summed E-state index contributed by atoms with van der Waals surface area (Å²) in [4.78, 5) is 0. The van der Waals surface area contributed by atoms with Crippen molar-refractivity contribution >= 4 is 23.2 Å². The van der Waals surface area contributed by atoms with E-state index in [2.05, 4.69) is 0 Å². The molecule has 4 heteroatoms. The zero-order valence-corrected chi connectivity index (χ0v) is 11.1. The fourth-order valence-electron chi connectivity index (χ4n) is 1.80. The predicted octanol–water partition coefficient (Wildman–Crippen LogP) is 4.39. The van der Waals surface area contributed by atoms with E-state index in [1.165, 1.54) is 18.2 Å². The monoisotopic (exact) mass is 284 g/mol. The first-order chi connectivity index (χ1) is 8.41. The Balaban J connectivity index is 2.53. The van der Waals surface area contributed by atoms with Crippen molar-refractivity contribution in [1.82, 2.24) is 0 Å². The lowest BCUT2D eigenvalue weighted by Gasteiger charge is -2.25. The van der Waals surface area contributed by atoms with Crippen LogP contribution >= 0.6 is 23.2 Å². The van der Waals surface area contributed by atoms with Gasteiger partial charge in [-0.25, -0.2) is 4.39 Å². The van der Waals surface area contributed by atoms with Gasteiger partial charge in [0.15, 0.2) is 0 Å². The highest BCUT2D eigenvalue weighted by molar-refractivity contribution is 6.31. The van der Waals surface area contributed by atoms with Crippen molar-refractivity contribution in [2.45, 2.75) is 12.5 Å². The summed E-state index contributed by atoms with van der Waals surface area (Å²) in [7, 11) is 0. The lowest BCUT2D eigenvalue weighted by molar-refractivity contribution is 0.102. The lowest BCUT2D eigenvalue weighted by atomic mass is 9.88. The van der Waals surface area contributed by atoms with E-state index in [-0.39, 0.29) is 0 Å². The summed E-state index contributed by atoms with van der Waals surface area (Å²) in [5.41, 5.74) is -0.449. The van der Waals surface area contributed by atoms with Crippen molar-refractivity contribution in [2.75, 3.05) is 0 Å². The van der Waals surface area contributed by atoms with Crippen molar-refractivity contribution in [2.24, 2.45) is 0 Å². The van der Waals surface area contributed by atoms with Crippen LogP contribution in [-0.2, 0) is 5.60 Å². The van der Waals surface area contributed by atoms with Gasteiger partial charge in [-0.2, -0.15) is 0 Å². The van der Waals surface area contributed by atoms with Crippen LogP contribution in [0.1, 0.15) is 18.1 Å². The first-order valence-electron chi connectivity index (χ1n) is 5.35. The van der Waals surface area contributed by atoms with Crippen LogP contribution in [0.5, 0.6) is 0 Å². The smallest absolute Gasteiger partial charge is 0.123 e. The quantitative estimate of drug-likeness (QED) is 0.867. The Kier molecular flexibility index (Phi) is 3.62. The van der Waals surface area contributed by atoms with Gasteiger partial charge in [0, 0.05) is 15.6 Å². The summed E-state index contributed by atoms with van der Waals surface area (Å²) in [6.07, 6.45) is 0. The van der Waals surface area contributed by atoms with Crippen LogP contribution in [0.15, 0.2) is 42.5 Å². The zero-order valence-electron chi connectivity index (χ0n) is 9.62. The second-order valence-electron chi connectivity index (χ2n) is 4.20. The third-order valence-electron chi connectivity index (χ3n) is 2.86. The molecule has 0 fully saturated rings. The SMILES string of the molecule is CC(O)(c1ccc(Cl)cc1)c1cc(F)ccc1Cl. The highest BCUT2D eigenvalue weighted by atomic mass is 35.5. The summed E-state index contributed by atoms with van der Waals surface area (Å²) < 4.78 is 13.3. The molecular weight excluding hydrogens is 274 g/mol. The molecule has 0 bridgehead atoms. The molecule has 0 aliphatic rings. The molecule has 0 aliphatic heterocycles. The number of hydrogen-bond donors (Lipinski definition) is 1. The topological polar surface area (TPSA) is 20.2 Å². The maximum Gasteiger partial charge on any atom is 0.123 e. The Hall–Kier alpha value is -1.09. The normalized spacial score (nSPS) is 14.3. The van der Waals surface area contributed by atoms with Crippen LogP contribution in [0.25, 0.3) is 0 Å². The van der Waals surface area contributed by atoms with E-state index in [1.54, 1.807) is 31.2 Å². The summed E-state index contributed by atoms with van der Waals surface area (Å²) in [5, 5.41) is 11.4. The number of rotatable bonds is 2. The van der Waals surface area contributed by atoms with Crippen molar-refractivity contribution in [3.8, 4) is 0 Å². The summed E-state index contributed by atoms with van der Waals surface area (Å²) in [6.45, 7) is 1.57. The largest absolute Gasteiger partial charge is 0.381 e. The molecule has 1 atom stereocenters. The summed E-state index contributed by atoms with van der Waals surface area (Å²) >= 11 is 11.8. The van der Waals surface area contributed by atoms with Gasteiger partial charge in [-0.1, -0.05) is 35.3 Å². The van der Waals surface area contributed by atoms with E-state index in [0.29, 0.717) is 21.2 Å². The average Bonchev–Trinajstić information content (AvgIpc) is 2.32. The minimum absolute atomic E-state index is 0.316. The van der Waals surface area contributed by atoms with E-state index in [4.69, 9.17) is 23.2 Å². The molecule has 0 heterocycles. The van der Waals surface area contributed by atoms with Crippen molar-refractivity contribution in [3.63, 3.8) is 0 Å². The molecule has 0 spiro atoms. The molecule has 0 saturated carbocycles. The van der Waals surface area contributed by atoms with Gasteiger partial charge < -0.3 is 5.11 Å². The van der Waals surface area contributed by atoms with Gasteiger partial charge >= 0.3 is 0 Å². The molecule has 1 unspecified atom stereocenters. The minimum atomic E-state index is -1.37. The van der Waals surface area contributed by atoms with Crippen molar-refractivity contribution < 1.29 is 9.50 Å². The third kappa shape index (κ3) is 2.51. The number of halogens is 3. The lowest BCUT2D eigenvalue weighted by Crippen LogP contribution is -2.23. The molecule has 0 saturated heterocycles. The van der Waals surface area contributed by atoms with Gasteiger partial charge in [-0.05, 0) is 42.8 Å². The summed E-state index contributed by atoms with van der Waals surface area (Å²) in [5.74, 6) is -0.441. The van der Waals surface area contributed by atoms with Gasteiger partial charge in [0.2, 0.25) is 0 Å². The molecule has 0 aromatic heterocycles. The Labute approximate surface area is 115 Å². The standard InChI is InChI=1S/C14H11Cl2FO/c1-14(18,9-2-4-10(15)5-3-9)12-8-11(17)6-7-13(12)16/h2-8,18H,1H3. The molecular formula is C14H11Cl2FO. The third-order valence-corrected chi connectivity index (χ3v) is 3.44. The minimum Gasteiger partial charge on any atom is -0.381 e. The molecule has 0 amide bonds. The Bertz CT molecular complexity index is 565. The highest BCUT2D eigenvalue weighted by Crippen LogP contribution is 2.34. The number of aliphatic hydroxyl groups is 1. The molecule has 0 radical (unpaired) electrons. The molecule has 94 valence electrons. The highest BCUT2D eigenvalue weighted by Gasteiger charge is 2.28. The van der Waals surface area contributed by atoms with Crippen LogP contribution in [0.2, 0.25) is 10.0 Å². The average molecular weight is 285 g/mol. The second kappa shape index (κ2) is 4.88. The van der Waals surface area contributed by atoms with Crippen LogP contribution in [-0.4, -0.2) is 5.11 Å². The van der Waals surface area contributed by atoms with E-state index in [9.17, 15) is 9.50 Å². The van der Waals surface area contributed by atoms with Crippen molar-refractivity contribution in [1.29, 1.82) is 0 Å². The van der Waals surface area contributed by atoms with Crippen LogP contribution in [0.4, 0.5) is 4.39 Å². The van der Waals surface area contributed by atoms with Gasteiger partial charge in [-0.3, -0.25) is 0 Å². The number of hydrogen-bond acceptors (Lipinski definition) is 1. The number of benzene rings is 2. The first kappa shape index (κ1) is 13.3. The van der Waals surface area contributed by atoms with Crippen LogP contribution in [0.3, 0.4) is 0 Å². The van der Waals surface area contributed by atoms with Gasteiger partial charge in [0.05, 0.1) is 0 Å². The molecule has 2 rings (SSSR count). The molecule has 2 aromatic rings. The first-order valence-corrected chi connectivity index (χ1v) is 6.11. The van der Waals surface area contributed by atoms with Gasteiger partial charge in [-0.15, -0.1) is 0 Å². The summed E-state index contributed by atoms with van der Waals surface area (Å²) in [6, 6.07) is 10.6. The molecule has 2 aromatic carbocycles. The van der Waals surface area contributed by atoms with E-state index in [0.717, 1.165) is 0 Å². The fourth-order valence-corrected chi connectivity index (χ4v) is 2.23. The zero-order chi connectivity index (χ0) is 13.3. The Morgan fingerprint density at radius 1 is 1.06 bits per heavy atom. The van der Waals surface area contributed by atoms with Crippen LogP contribution < -0.4 is 0 Å². The van der Waals surface area contributed by atoms with Crippen molar-refractivity contribution in [3.05, 3.63) is 69.5 Å². The molecule has 1 nitrogen and oxygen atoms in total. The molecule has 1 N–H and O–H groups in total. The molecule has 0 aliphatic carbocycles. The Morgan fingerprint density at radius 3 is 2.28 bits per heavy atom.